The average molecular weight is 316 g/mol. The van der Waals surface area contributed by atoms with Gasteiger partial charge in [-0.3, -0.25) is 9.78 Å². The Hall–Kier alpha value is -0.840. The number of nitrogens with zero attached hydrogens (tertiary/aromatic N) is 1. The Balaban J connectivity index is 1.55. The maximum Gasteiger partial charge on any atom is 0.229 e. The summed E-state index contributed by atoms with van der Waals surface area (Å²) >= 11 is 11.9. The Morgan fingerprint density at radius 3 is 2.80 bits per heavy atom. The molecular weight excluding hydrogens is 297 g/mol. The number of rotatable bonds is 7. The zero-order chi connectivity index (χ0) is 14.6. The van der Waals surface area contributed by atoms with Gasteiger partial charge in [0.2, 0.25) is 5.91 Å². The largest absolute Gasteiger partial charge is 0.355 e. The first-order valence-corrected chi connectivity index (χ1v) is 7.47. The summed E-state index contributed by atoms with van der Waals surface area (Å²) in [5, 5.41) is 6.18. The van der Waals surface area contributed by atoms with Crippen molar-refractivity contribution in [2.24, 2.45) is 5.41 Å². The van der Waals surface area contributed by atoms with Gasteiger partial charge in [0, 0.05) is 25.5 Å². The van der Waals surface area contributed by atoms with E-state index in [0.717, 1.165) is 25.1 Å². The number of carbonyl (C=O) groups is 1. The molecule has 1 amide bonds. The van der Waals surface area contributed by atoms with Crippen LogP contribution in [0.5, 0.6) is 0 Å². The normalized spacial score (nSPS) is 23.4. The van der Waals surface area contributed by atoms with Crippen LogP contribution < -0.4 is 10.6 Å². The lowest BCUT2D eigenvalue weighted by Gasteiger charge is -2.12. The van der Waals surface area contributed by atoms with Crippen LogP contribution in [0.25, 0.3) is 0 Å². The highest BCUT2D eigenvalue weighted by atomic mass is 35.5. The van der Waals surface area contributed by atoms with E-state index in [1.165, 1.54) is 0 Å². The van der Waals surface area contributed by atoms with Crippen LogP contribution in [0.15, 0.2) is 24.5 Å². The average Bonchev–Trinajstić information content (AvgIpc) is 2.95. The zero-order valence-electron chi connectivity index (χ0n) is 11.5. The number of carbonyl (C=O) groups excluding carboxylic acids is 1. The van der Waals surface area contributed by atoms with E-state index in [4.69, 9.17) is 23.2 Å². The second-order valence-corrected chi connectivity index (χ2v) is 6.84. The van der Waals surface area contributed by atoms with Crippen LogP contribution in [0.1, 0.15) is 25.3 Å². The molecule has 6 heteroatoms. The minimum Gasteiger partial charge on any atom is -0.355 e. The predicted octanol–water partition coefficient (Wildman–Crippen LogP) is 2.26. The number of aromatic nitrogens is 1. The number of hydrogen-bond acceptors (Lipinski definition) is 3. The van der Waals surface area contributed by atoms with Crippen molar-refractivity contribution in [2.75, 3.05) is 13.1 Å². The van der Waals surface area contributed by atoms with Gasteiger partial charge in [-0.05, 0) is 37.9 Å². The van der Waals surface area contributed by atoms with Crippen LogP contribution in [0.3, 0.4) is 0 Å². The van der Waals surface area contributed by atoms with E-state index in [9.17, 15) is 4.79 Å². The van der Waals surface area contributed by atoms with Crippen molar-refractivity contribution in [1.29, 1.82) is 0 Å². The minimum absolute atomic E-state index is 0.0604. The van der Waals surface area contributed by atoms with E-state index in [1.54, 1.807) is 13.1 Å². The summed E-state index contributed by atoms with van der Waals surface area (Å²) in [4.78, 5) is 15.9. The lowest BCUT2D eigenvalue weighted by Crippen LogP contribution is -2.34. The summed E-state index contributed by atoms with van der Waals surface area (Å²) in [6.45, 7) is 4.03. The Morgan fingerprint density at radius 2 is 2.20 bits per heavy atom. The highest BCUT2D eigenvalue weighted by Gasteiger charge is 2.67. The molecule has 0 radical (unpaired) electrons. The minimum atomic E-state index is -0.893. The van der Waals surface area contributed by atoms with Gasteiger partial charge in [0.15, 0.2) is 0 Å². The van der Waals surface area contributed by atoms with E-state index >= 15 is 0 Å². The third kappa shape index (κ3) is 3.62. The van der Waals surface area contributed by atoms with Crippen LogP contribution in [-0.2, 0) is 11.3 Å². The van der Waals surface area contributed by atoms with Crippen molar-refractivity contribution in [3.8, 4) is 0 Å². The van der Waals surface area contributed by atoms with Crippen molar-refractivity contribution in [3.63, 3.8) is 0 Å². The van der Waals surface area contributed by atoms with Crippen molar-refractivity contribution in [2.45, 2.75) is 30.6 Å². The smallest absolute Gasteiger partial charge is 0.229 e. The van der Waals surface area contributed by atoms with Gasteiger partial charge in [0.25, 0.3) is 0 Å². The molecule has 110 valence electrons. The number of pyridine rings is 1. The van der Waals surface area contributed by atoms with E-state index in [-0.39, 0.29) is 5.91 Å². The lowest BCUT2D eigenvalue weighted by molar-refractivity contribution is -0.125. The molecule has 0 unspecified atom stereocenters. The third-order valence-corrected chi connectivity index (χ3v) is 4.73. The fraction of sp³-hybridized carbons (Fsp3) is 0.571. The van der Waals surface area contributed by atoms with Gasteiger partial charge in [-0.2, -0.15) is 0 Å². The fourth-order valence-corrected chi connectivity index (χ4v) is 2.70. The van der Waals surface area contributed by atoms with Crippen molar-refractivity contribution >= 4 is 29.1 Å². The molecule has 0 bridgehead atoms. The quantitative estimate of drug-likeness (QED) is 0.599. The molecule has 1 aliphatic carbocycles. The molecular formula is C14H19Cl2N3O. The predicted molar refractivity (Wildman–Crippen MR) is 80.7 cm³/mol. The first kappa shape index (κ1) is 15.5. The molecule has 1 aromatic heterocycles. The molecule has 1 aromatic rings. The van der Waals surface area contributed by atoms with Gasteiger partial charge in [0.1, 0.15) is 4.33 Å². The molecule has 2 rings (SSSR count). The van der Waals surface area contributed by atoms with Crippen LogP contribution >= 0.6 is 23.2 Å². The topological polar surface area (TPSA) is 54.0 Å². The zero-order valence-corrected chi connectivity index (χ0v) is 13.0. The second-order valence-electron chi connectivity index (χ2n) is 5.36. The molecule has 0 saturated heterocycles. The van der Waals surface area contributed by atoms with Gasteiger partial charge in [-0.15, -0.1) is 23.2 Å². The number of alkyl halides is 2. The maximum atomic E-state index is 11.9. The molecule has 1 atom stereocenters. The number of hydrogen-bond donors (Lipinski definition) is 2. The molecule has 0 spiro atoms. The molecule has 1 saturated carbocycles. The number of nitrogens with one attached hydrogen (secondary N) is 2. The van der Waals surface area contributed by atoms with Gasteiger partial charge in [0.05, 0.1) is 5.41 Å². The van der Waals surface area contributed by atoms with Gasteiger partial charge >= 0.3 is 0 Å². The standard InChI is InChI=1S/C14H19Cl2N3O/c1-13(10-14(13,15)16)12(20)19-7-3-6-18-9-11-4-2-5-17-8-11/h2,4-5,8,18H,3,6-7,9-10H2,1H3,(H,19,20)/t13-/m1/s1. The second kappa shape index (κ2) is 6.29. The monoisotopic (exact) mass is 315 g/mol. The van der Waals surface area contributed by atoms with E-state index in [0.29, 0.717) is 13.0 Å². The van der Waals surface area contributed by atoms with Crippen molar-refractivity contribution in [1.82, 2.24) is 15.6 Å². The summed E-state index contributed by atoms with van der Waals surface area (Å²) in [6.07, 6.45) is 4.97. The molecule has 4 nitrogen and oxygen atoms in total. The number of amides is 1. The van der Waals surface area contributed by atoms with Gasteiger partial charge in [-0.1, -0.05) is 6.07 Å². The Kier molecular flexibility index (Phi) is 4.89. The number of halogens is 2. The van der Waals surface area contributed by atoms with Crippen LogP contribution in [0.2, 0.25) is 0 Å². The first-order chi connectivity index (χ1) is 9.46. The maximum absolute atomic E-state index is 11.9. The molecule has 1 fully saturated rings. The van der Waals surface area contributed by atoms with E-state index in [2.05, 4.69) is 15.6 Å². The van der Waals surface area contributed by atoms with Gasteiger partial charge < -0.3 is 10.6 Å². The van der Waals surface area contributed by atoms with Gasteiger partial charge in [-0.25, -0.2) is 0 Å². The first-order valence-electron chi connectivity index (χ1n) is 6.71. The molecule has 0 aliphatic heterocycles. The third-order valence-electron chi connectivity index (χ3n) is 3.63. The van der Waals surface area contributed by atoms with E-state index in [1.807, 2.05) is 18.3 Å². The summed E-state index contributed by atoms with van der Waals surface area (Å²) in [7, 11) is 0. The highest BCUT2D eigenvalue weighted by Crippen LogP contribution is 2.63. The summed E-state index contributed by atoms with van der Waals surface area (Å²) in [5.41, 5.74) is 0.523. The highest BCUT2D eigenvalue weighted by molar-refractivity contribution is 6.53. The summed E-state index contributed by atoms with van der Waals surface area (Å²) < 4.78 is -0.893. The Morgan fingerprint density at radius 1 is 1.45 bits per heavy atom. The molecule has 1 aliphatic rings. The summed E-state index contributed by atoms with van der Waals surface area (Å²) in [6, 6.07) is 3.94. The lowest BCUT2D eigenvalue weighted by atomic mass is 10.1. The van der Waals surface area contributed by atoms with Crippen LogP contribution in [0.4, 0.5) is 0 Å². The Labute approximate surface area is 129 Å². The molecule has 0 aromatic carbocycles. The van der Waals surface area contributed by atoms with Crippen LogP contribution in [-0.4, -0.2) is 28.3 Å². The molecule has 2 N–H and O–H groups in total. The molecule has 1 heterocycles. The van der Waals surface area contributed by atoms with Crippen molar-refractivity contribution in [3.05, 3.63) is 30.1 Å². The van der Waals surface area contributed by atoms with Crippen LogP contribution in [0, 0.1) is 5.41 Å². The summed E-state index contributed by atoms with van der Waals surface area (Å²) in [5.74, 6) is -0.0604. The Bertz CT molecular complexity index is 467. The van der Waals surface area contributed by atoms with E-state index < -0.39 is 9.75 Å². The fourth-order valence-electron chi connectivity index (χ4n) is 1.99. The molecule has 20 heavy (non-hydrogen) atoms. The van der Waals surface area contributed by atoms with Crippen molar-refractivity contribution < 1.29 is 4.79 Å². The SMILES string of the molecule is C[C@]1(C(=O)NCCCNCc2cccnc2)CC1(Cl)Cl.